The summed E-state index contributed by atoms with van der Waals surface area (Å²) >= 11 is 1.73. The number of Topliss-reactive ketones (excluding diaryl/α,β-unsaturated/α-hetero) is 1. The van der Waals surface area contributed by atoms with Gasteiger partial charge in [-0.25, -0.2) is 0 Å². The van der Waals surface area contributed by atoms with Crippen molar-refractivity contribution < 1.29 is 9.53 Å². The van der Waals surface area contributed by atoms with Gasteiger partial charge in [0.25, 0.3) is 0 Å². The maximum atomic E-state index is 11.4. The predicted molar refractivity (Wildman–Crippen MR) is 46.9 cm³/mol. The van der Waals surface area contributed by atoms with Gasteiger partial charge in [-0.05, 0) is 0 Å². The summed E-state index contributed by atoms with van der Waals surface area (Å²) < 4.78 is 5.21. The third-order valence-electron chi connectivity index (χ3n) is 1.70. The van der Waals surface area contributed by atoms with Crippen LogP contribution in [0.15, 0.2) is 0 Å². The fourth-order valence-electron chi connectivity index (χ4n) is 1.02. The highest BCUT2D eigenvalue weighted by atomic mass is 32.2. The Kier molecular flexibility index (Phi) is 3.40. The van der Waals surface area contributed by atoms with Crippen molar-refractivity contribution in [2.45, 2.75) is 19.1 Å². The largest absolute Gasteiger partial charge is 0.379 e. The molecule has 1 rings (SSSR count). The summed E-state index contributed by atoms with van der Waals surface area (Å²) in [7, 11) is 0. The minimum Gasteiger partial charge on any atom is -0.379 e. The molecule has 2 nitrogen and oxygen atoms in total. The molecule has 1 heterocycles. The van der Waals surface area contributed by atoms with Crippen LogP contribution in [0, 0.1) is 5.92 Å². The third-order valence-corrected chi connectivity index (χ3v) is 2.88. The van der Waals surface area contributed by atoms with Crippen LogP contribution >= 0.6 is 11.8 Å². The molecule has 1 aliphatic heterocycles. The topological polar surface area (TPSA) is 26.3 Å². The molecule has 0 bridgehead atoms. The highest BCUT2D eigenvalue weighted by Crippen LogP contribution is 2.19. The van der Waals surface area contributed by atoms with Gasteiger partial charge in [-0.2, -0.15) is 0 Å². The molecule has 0 aromatic carbocycles. The van der Waals surface area contributed by atoms with E-state index in [9.17, 15) is 4.79 Å². The fourth-order valence-corrected chi connectivity index (χ4v) is 2.15. The second-order valence-electron chi connectivity index (χ2n) is 2.99. The predicted octanol–water partition coefficient (Wildman–Crippen LogP) is 1.34. The number of carbonyl (C=O) groups is 1. The quantitative estimate of drug-likeness (QED) is 0.632. The first-order chi connectivity index (χ1) is 5.22. The lowest BCUT2D eigenvalue weighted by atomic mass is 10.1. The van der Waals surface area contributed by atoms with Gasteiger partial charge < -0.3 is 4.74 Å². The maximum absolute atomic E-state index is 11.4. The van der Waals surface area contributed by atoms with E-state index in [1.807, 2.05) is 13.8 Å². The van der Waals surface area contributed by atoms with Gasteiger partial charge in [0.05, 0.1) is 18.5 Å². The van der Waals surface area contributed by atoms with Crippen molar-refractivity contribution in [2.24, 2.45) is 5.92 Å². The highest BCUT2D eigenvalue weighted by Gasteiger charge is 2.23. The second-order valence-corrected chi connectivity index (χ2v) is 4.30. The summed E-state index contributed by atoms with van der Waals surface area (Å²) in [6.07, 6.45) is 0. The Balaban J connectivity index is 2.39. The van der Waals surface area contributed by atoms with E-state index in [0.717, 1.165) is 12.4 Å². The first-order valence-electron chi connectivity index (χ1n) is 3.95. The molecule has 0 spiro atoms. The summed E-state index contributed by atoms with van der Waals surface area (Å²) in [6.45, 7) is 5.29. The van der Waals surface area contributed by atoms with Crippen LogP contribution < -0.4 is 0 Å². The van der Waals surface area contributed by atoms with E-state index in [1.54, 1.807) is 11.8 Å². The van der Waals surface area contributed by atoms with Crippen LogP contribution in [0.2, 0.25) is 0 Å². The SMILES string of the molecule is CC(C)C(=O)C1COCCS1. The maximum Gasteiger partial charge on any atom is 0.150 e. The van der Waals surface area contributed by atoms with E-state index < -0.39 is 0 Å². The molecular formula is C8H14O2S. The van der Waals surface area contributed by atoms with E-state index in [2.05, 4.69) is 0 Å². The molecule has 0 aromatic rings. The Morgan fingerprint density at radius 3 is 2.82 bits per heavy atom. The number of rotatable bonds is 2. The number of ether oxygens (including phenoxy) is 1. The molecule has 0 N–H and O–H groups in total. The average Bonchev–Trinajstić information content (AvgIpc) is 2.05. The summed E-state index contributed by atoms with van der Waals surface area (Å²) in [5.41, 5.74) is 0. The molecule has 0 aliphatic carbocycles. The smallest absolute Gasteiger partial charge is 0.150 e. The molecule has 1 unspecified atom stereocenters. The van der Waals surface area contributed by atoms with Gasteiger partial charge in [0.15, 0.2) is 5.78 Å². The average molecular weight is 174 g/mol. The Morgan fingerprint density at radius 2 is 2.36 bits per heavy atom. The summed E-state index contributed by atoms with van der Waals surface area (Å²) in [5.74, 6) is 1.44. The molecule has 11 heavy (non-hydrogen) atoms. The Morgan fingerprint density at radius 1 is 1.64 bits per heavy atom. The van der Waals surface area contributed by atoms with Crippen LogP contribution in [0.25, 0.3) is 0 Å². The third kappa shape index (κ3) is 2.49. The molecule has 1 atom stereocenters. The van der Waals surface area contributed by atoms with Crippen LogP contribution in [0.1, 0.15) is 13.8 Å². The minimum atomic E-state index is 0.101. The fraction of sp³-hybridized carbons (Fsp3) is 0.875. The van der Waals surface area contributed by atoms with Crippen molar-refractivity contribution in [3.05, 3.63) is 0 Å². The van der Waals surface area contributed by atoms with Crippen LogP contribution in [0.4, 0.5) is 0 Å². The van der Waals surface area contributed by atoms with Crippen molar-refractivity contribution in [1.82, 2.24) is 0 Å². The monoisotopic (exact) mass is 174 g/mol. The van der Waals surface area contributed by atoms with Crippen molar-refractivity contribution in [2.75, 3.05) is 19.0 Å². The van der Waals surface area contributed by atoms with Gasteiger partial charge >= 0.3 is 0 Å². The molecule has 1 saturated heterocycles. The van der Waals surface area contributed by atoms with Crippen LogP contribution in [0.3, 0.4) is 0 Å². The number of thioether (sulfide) groups is 1. The van der Waals surface area contributed by atoms with E-state index in [1.165, 1.54) is 0 Å². The van der Waals surface area contributed by atoms with Gasteiger partial charge in [-0.3, -0.25) is 4.79 Å². The lowest BCUT2D eigenvalue weighted by Crippen LogP contribution is -2.31. The zero-order chi connectivity index (χ0) is 8.27. The second kappa shape index (κ2) is 4.12. The Bertz CT molecular complexity index is 139. The lowest BCUT2D eigenvalue weighted by molar-refractivity contribution is -0.122. The van der Waals surface area contributed by atoms with Gasteiger partial charge in [0.1, 0.15) is 0 Å². The molecule has 0 aromatic heterocycles. The molecule has 1 aliphatic rings. The molecule has 3 heteroatoms. The van der Waals surface area contributed by atoms with Crippen molar-refractivity contribution in [1.29, 1.82) is 0 Å². The molecule has 0 amide bonds. The van der Waals surface area contributed by atoms with Crippen molar-refractivity contribution in [3.8, 4) is 0 Å². The van der Waals surface area contributed by atoms with E-state index in [-0.39, 0.29) is 11.2 Å². The zero-order valence-corrected chi connectivity index (χ0v) is 7.82. The van der Waals surface area contributed by atoms with Crippen molar-refractivity contribution in [3.63, 3.8) is 0 Å². The van der Waals surface area contributed by atoms with Gasteiger partial charge in [-0.1, -0.05) is 13.8 Å². The highest BCUT2D eigenvalue weighted by molar-refractivity contribution is 8.00. The lowest BCUT2D eigenvalue weighted by Gasteiger charge is -2.21. The molecule has 64 valence electrons. The van der Waals surface area contributed by atoms with Gasteiger partial charge in [-0.15, -0.1) is 11.8 Å². The van der Waals surface area contributed by atoms with Crippen LogP contribution in [-0.2, 0) is 9.53 Å². The van der Waals surface area contributed by atoms with E-state index in [0.29, 0.717) is 12.4 Å². The number of carbonyl (C=O) groups excluding carboxylic acids is 1. The standard InChI is InChI=1S/C8H14O2S/c1-6(2)8(9)7-5-10-3-4-11-7/h6-7H,3-5H2,1-2H3. The number of hydrogen-bond donors (Lipinski definition) is 0. The Hall–Kier alpha value is -0.0200. The zero-order valence-electron chi connectivity index (χ0n) is 7.00. The first-order valence-corrected chi connectivity index (χ1v) is 4.99. The summed E-state index contributed by atoms with van der Waals surface area (Å²) in [5, 5.41) is 0.101. The van der Waals surface area contributed by atoms with Crippen molar-refractivity contribution >= 4 is 17.5 Å². The minimum absolute atomic E-state index is 0.101. The Labute approximate surface area is 71.7 Å². The van der Waals surface area contributed by atoms with Gasteiger partial charge in [0, 0.05) is 11.7 Å². The molecule has 1 fully saturated rings. The van der Waals surface area contributed by atoms with E-state index in [4.69, 9.17) is 4.74 Å². The summed E-state index contributed by atoms with van der Waals surface area (Å²) in [6, 6.07) is 0. The molecular weight excluding hydrogens is 160 g/mol. The molecule has 0 radical (unpaired) electrons. The number of hydrogen-bond acceptors (Lipinski definition) is 3. The number of ketones is 1. The van der Waals surface area contributed by atoms with E-state index >= 15 is 0 Å². The van der Waals surface area contributed by atoms with Crippen LogP contribution in [0.5, 0.6) is 0 Å². The van der Waals surface area contributed by atoms with Crippen LogP contribution in [-0.4, -0.2) is 30.0 Å². The molecule has 0 saturated carbocycles. The summed E-state index contributed by atoms with van der Waals surface area (Å²) in [4.78, 5) is 11.4. The first kappa shape index (κ1) is 9.07. The normalized spacial score (nSPS) is 25.5. The van der Waals surface area contributed by atoms with Gasteiger partial charge in [0.2, 0.25) is 0 Å².